The average Bonchev–Trinajstić information content (AvgIpc) is 3.79. The Kier molecular flexibility index (Phi) is 11.8. The summed E-state index contributed by atoms with van der Waals surface area (Å²) in [6.45, 7) is 17.1. The Balaban J connectivity index is 1.87. The Morgan fingerprint density at radius 2 is 1.52 bits per heavy atom. The number of sulfone groups is 1. The monoisotopic (exact) mass is 689 g/mol. The second kappa shape index (κ2) is 14.6. The number of nitrogens with two attached hydrogens (primary N) is 1. The van der Waals surface area contributed by atoms with Crippen LogP contribution in [0.15, 0.2) is 35.2 Å². The SMILES string of the molecule is CC1CN(C(=O)[C@@H](NC(=O)N[C@H](CS(=O)(=O)c2ccccc2)C(C)(C)C)C(C)(C)C)[C@H](C(=O)NC(CC2CC2)C(=O)C(N)=O)CC1(C)C. The zero-order valence-corrected chi connectivity index (χ0v) is 30.7. The summed E-state index contributed by atoms with van der Waals surface area (Å²) in [5.74, 6) is -3.18. The fraction of sp³-hybridized carbons (Fsp3) is 0.686. The van der Waals surface area contributed by atoms with E-state index < -0.39 is 74.4 Å². The summed E-state index contributed by atoms with van der Waals surface area (Å²) < 4.78 is 26.5. The lowest BCUT2D eigenvalue weighted by Crippen LogP contribution is -2.65. The zero-order valence-electron chi connectivity index (χ0n) is 29.9. The molecule has 1 saturated heterocycles. The van der Waals surface area contributed by atoms with E-state index in [0.29, 0.717) is 12.8 Å². The van der Waals surface area contributed by atoms with Gasteiger partial charge in [0.05, 0.1) is 16.7 Å². The predicted octanol–water partition coefficient (Wildman–Crippen LogP) is 3.19. The molecule has 3 rings (SSSR count). The molecular formula is C35H55N5O7S. The third kappa shape index (κ3) is 10.0. The number of hydrogen-bond donors (Lipinski definition) is 4. The van der Waals surface area contributed by atoms with Gasteiger partial charge in [0.1, 0.15) is 12.1 Å². The maximum atomic E-state index is 14.4. The summed E-state index contributed by atoms with van der Waals surface area (Å²) in [7, 11) is -3.75. The number of nitrogens with zero attached hydrogens (tertiary/aromatic N) is 1. The van der Waals surface area contributed by atoms with Crippen LogP contribution in [0.5, 0.6) is 0 Å². The number of hydrogen-bond acceptors (Lipinski definition) is 7. The van der Waals surface area contributed by atoms with Crippen molar-refractivity contribution in [3.05, 3.63) is 30.3 Å². The Bertz CT molecular complexity index is 1480. The number of rotatable bonds is 12. The summed E-state index contributed by atoms with van der Waals surface area (Å²) >= 11 is 0. The summed E-state index contributed by atoms with van der Waals surface area (Å²) in [5, 5.41) is 8.35. The van der Waals surface area contributed by atoms with E-state index in [0.717, 1.165) is 12.8 Å². The second-order valence-corrected chi connectivity index (χ2v) is 18.5. The highest BCUT2D eigenvalue weighted by molar-refractivity contribution is 7.91. The van der Waals surface area contributed by atoms with Crippen LogP contribution in [-0.2, 0) is 29.0 Å². The van der Waals surface area contributed by atoms with Crippen molar-refractivity contribution in [3.63, 3.8) is 0 Å². The number of Topliss-reactive ketones (excluding diaryl/α,β-unsaturated/α-hetero) is 1. The Morgan fingerprint density at radius 3 is 2.02 bits per heavy atom. The maximum Gasteiger partial charge on any atom is 0.315 e. The topological polar surface area (TPSA) is 185 Å². The molecule has 2 aliphatic rings. The Hall–Kier alpha value is -3.48. The molecule has 2 fully saturated rings. The number of urea groups is 1. The number of carbonyl (C=O) groups excluding carboxylic acids is 5. The average molecular weight is 690 g/mol. The molecule has 1 aliphatic carbocycles. The number of ketones is 1. The molecule has 5 N–H and O–H groups in total. The van der Waals surface area contributed by atoms with Crippen LogP contribution in [0, 0.1) is 28.1 Å². The predicted molar refractivity (Wildman–Crippen MR) is 183 cm³/mol. The molecular weight excluding hydrogens is 634 g/mol. The van der Waals surface area contributed by atoms with E-state index >= 15 is 0 Å². The van der Waals surface area contributed by atoms with Crippen molar-refractivity contribution < 1.29 is 32.4 Å². The summed E-state index contributed by atoms with van der Waals surface area (Å²) in [6, 6.07) is 3.35. The van der Waals surface area contributed by atoms with Crippen LogP contribution in [0.1, 0.15) is 88.0 Å². The van der Waals surface area contributed by atoms with E-state index in [4.69, 9.17) is 5.73 Å². The van der Waals surface area contributed by atoms with Crippen molar-refractivity contribution in [2.45, 2.75) is 117 Å². The largest absolute Gasteiger partial charge is 0.363 e. The number of nitrogens with one attached hydrogen (secondary N) is 3. The fourth-order valence-electron chi connectivity index (χ4n) is 5.91. The third-order valence-corrected chi connectivity index (χ3v) is 11.6. The molecule has 13 heteroatoms. The highest BCUT2D eigenvalue weighted by atomic mass is 32.2. The van der Waals surface area contributed by atoms with Crippen LogP contribution in [0.4, 0.5) is 4.79 Å². The van der Waals surface area contributed by atoms with Crippen molar-refractivity contribution in [1.82, 2.24) is 20.9 Å². The van der Waals surface area contributed by atoms with Crippen LogP contribution in [0.25, 0.3) is 0 Å². The minimum absolute atomic E-state index is 0.0112. The van der Waals surface area contributed by atoms with Crippen molar-refractivity contribution in [2.75, 3.05) is 12.3 Å². The molecule has 2 unspecified atom stereocenters. The number of amides is 5. The van der Waals surface area contributed by atoms with Gasteiger partial charge in [-0.15, -0.1) is 0 Å². The van der Waals surface area contributed by atoms with Crippen molar-refractivity contribution >= 4 is 39.4 Å². The van der Waals surface area contributed by atoms with E-state index in [1.807, 2.05) is 41.5 Å². The van der Waals surface area contributed by atoms with Gasteiger partial charge in [-0.05, 0) is 53.1 Å². The lowest BCUT2D eigenvalue weighted by Gasteiger charge is -2.48. The molecule has 0 radical (unpaired) electrons. The Morgan fingerprint density at radius 1 is 0.938 bits per heavy atom. The second-order valence-electron chi connectivity index (χ2n) is 16.5. The highest BCUT2D eigenvalue weighted by Crippen LogP contribution is 2.40. The van der Waals surface area contributed by atoms with E-state index in [9.17, 15) is 32.4 Å². The number of benzene rings is 1. The van der Waals surface area contributed by atoms with Gasteiger partial charge in [-0.25, -0.2) is 13.2 Å². The van der Waals surface area contributed by atoms with Crippen LogP contribution in [0.2, 0.25) is 0 Å². The summed E-state index contributed by atoms with van der Waals surface area (Å²) in [4.78, 5) is 67.9. The van der Waals surface area contributed by atoms with E-state index in [2.05, 4.69) is 16.0 Å². The minimum Gasteiger partial charge on any atom is -0.363 e. The Labute approximate surface area is 285 Å². The van der Waals surface area contributed by atoms with Gasteiger partial charge >= 0.3 is 6.03 Å². The standard InChI is InChI=1S/C35H55N5O7S/c1-21-19-40(25(18-35(21,8)9)30(43)37-24(17-22-15-16-22)27(41)29(36)42)31(44)28(34(5,6)7)39-32(45)38-26(33(2,3)4)20-48(46,47)23-13-11-10-12-14-23/h10-14,21-22,24-26,28H,15-20H2,1-9H3,(H2,36,42)(H,37,43)(H2,38,39,45)/t21?,24?,25-,26+,28+/m0/s1. The van der Waals surface area contributed by atoms with Gasteiger partial charge in [-0.1, -0.05) is 93.4 Å². The molecule has 1 heterocycles. The van der Waals surface area contributed by atoms with Gasteiger partial charge in [-0.2, -0.15) is 0 Å². The smallest absolute Gasteiger partial charge is 0.315 e. The molecule has 0 bridgehead atoms. The third-order valence-electron chi connectivity index (χ3n) is 9.86. The minimum atomic E-state index is -3.75. The molecule has 48 heavy (non-hydrogen) atoms. The van der Waals surface area contributed by atoms with Crippen molar-refractivity contribution in [1.29, 1.82) is 0 Å². The molecule has 268 valence electrons. The molecule has 1 aromatic carbocycles. The van der Waals surface area contributed by atoms with Crippen molar-refractivity contribution in [2.24, 2.45) is 33.8 Å². The van der Waals surface area contributed by atoms with Crippen LogP contribution in [-0.4, -0.2) is 79.3 Å². The molecule has 1 aromatic rings. The molecule has 1 saturated carbocycles. The number of likely N-dealkylation sites (tertiary alicyclic amines) is 1. The lowest BCUT2D eigenvalue weighted by molar-refractivity contribution is -0.151. The highest BCUT2D eigenvalue weighted by Gasteiger charge is 2.48. The number of piperidine rings is 1. The number of primary amides is 1. The first-order chi connectivity index (χ1) is 21.9. The fourth-order valence-corrected chi connectivity index (χ4v) is 7.70. The first kappa shape index (κ1) is 39.0. The van der Waals surface area contributed by atoms with Gasteiger partial charge in [0, 0.05) is 12.6 Å². The van der Waals surface area contributed by atoms with Gasteiger partial charge in [0.25, 0.3) is 5.91 Å². The molecule has 0 spiro atoms. The van der Waals surface area contributed by atoms with Gasteiger partial charge < -0.3 is 26.6 Å². The van der Waals surface area contributed by atoms with Crippen LogP contribution < -0.4 is 21.7 Å². The first-order valence-corrected chi connectivity index (χ1v) is 18.4. The van der Waals surface area contributed by atoms with E-state index in [1.54, 1.807) is 39.0 Å². The van der Waals surface area contributed by atoms with Gasteiger partial charge in [-0.3, -0.25) is 19.2 Å². The maximum absolute atomic E-state index is 14.4. The molecule has 5 atom stereocenters. The molecule has 1 aliphatic heterocycles. The summed E-state index contributed by atoms with van der Waals surface area (Å²) in [6.07, 6.45) is 2.38. The van der Waals surface area contributed by atoms with Crippen molar-refractivity contribution in [3.8, 4) is 0 Å². The van der Waals surface area contributed by atoms with Gasteiger partial charge in [0.2, 0.25) is 17.6 Å². The zero-order chi connectivity index (χ0) is 36.4. The molecule has 0 aromatic heterocycles. The normalized spacial score (nSPS) is 21.7. The number of carbonyl (C=O) groups is 5. The van der Waals surface area contributed by atoms with Gasteiger partial charge in [0.15, 0.2) is 9.84 Å². The molecule has 12 nitrogen and oxygen atoms in total. The quantitative estimate of drug-likeness (QED) is 0.243. The van der Waals surface area contributed by atoms with Crippen LogP contribution >= 0.6 is 0 Å². The van der Waals surface area contributed by atoms with E-state index in [1.165, 1.54) is 17.0 Å². The molecule has 5 amide bonds. The summed E-state index contributed by atoms with van der Waals surface area (Å²) in [5.41, 5.74) is 3.49. The lowest BCUT2D eigenvalue weighted by atomic mass is 9.71. The van der Waals surface area contributed by atoms with E-state index in [-0.39, 0.29) is 34.4 Å². The van der Waals surface area contributed by atoms with Crippen LogP contribution in [0.3, 0.4) is 0 Å². The first-order valence-electron chi connectivity index (χ1n) is 16.7.